The lowest BCUT2D eigenvalue weighted by Crippen LogP contribution is -2.33. The molecule has 3 aromatic rings. The van der Waals surface area contributed by atoms with Gasteiger partial charge in [0, 0.05) is 35.2 Å². The van der Waals surface area contributed by atoms with E-state index >= 15 is 0 Å². The lowest BCUT2D eigenvalue weighted by Gasteiger charge is -2.28. The van der Waals surface area contributed by atoms with E-state index < -0.39 is 5.92 Å². The lowest BCUT2D eigenvalue weighted by molar-refractivity contribution is -0.116. The van der Waals surface area contributed by atoms with Crippen LogP contribution in [0.4, 0.5) is 5.82 Å². The normalized spacial score (nSPS) is 15.6. The second kappa shape index (κ2) is 8.46. The number of carbonyl (C=O) groups is 1. The molecule has 5 nitrogen and oxygen atoms in total. The highest BCUT2D eigenvalue weighted by molar-refractivity contribution is 7.98. The molecule has 2 aromatic carbocycles. The predicted molar refractivity (Wildman–Crippen MR) is 122 cm³/mol. The van der Waals surface area contributed by atoms with E-state index in [-0.39, 0.29) is 17.9 Å². The quantitative estimate of drug-likeness (QED) is 0.432. The lowest BCUT2D eigenvalue weighted by atomic mass is 9.86. The molecule has 0 radical (unpaired) electrons. The first kappa shape index (κ1) is 21.0. The highest BCUT2D eigenvalue weighted by Crippen LogP contribution is 2.41. The number of halogens is 2. The maximum atomic E-state index is 13.1. The number of thioether (sulfide) groups is 1. The molecule has 1 aromatic heterocycles. The van der Waals surface area contributed by atoms with Crippen LogP contribution in [-0.4, -0.2) is 15.5 Å². The third-order valence-electron chi connectivity index (χ3n) is 5.27. The number of hydrogen-bond acceptors (Lipinski definition) is 4. The molecular weight excluding hydrogens is 441 g/mol. The number of rotatable bonds is 4. The summed E-state index contributed by atoms with van der Waals surface area (Å²) in [6.07, 6.45) is 0.0864. The maximum Gasteiger partial charge on any atom is 0.279 e. The van der Waals surface area contributed by atoms with Crippen LogP contribution in [0.25, 0.3) is 0 Å². The number of anilines is 1. The van der Waals surface area contributed by atoms with Gasteiger partial charge in [0.05, 0.1) is 5.56 Å². The van der Waals surface area contributed by atoms with Crippen molar-refractivity contribution in [2.24, 2.45) is 7.05 Å². The van der Waals surface area contributed by atoms with Crippen molar-refractivity contribution in [2.75, 3.05) is 5.32 Å². The smallest absolute Gasteiger partial charge is 0.279 e. The average molecular weight is 460 g/mol. The molecule has 1 N–H and O–H groups in total. The number of nitrogens with zero attached hydrogens (tertiary/aromatic N) is 2. The number of hydrogen-bond donors (Lipinski definition) is 1. The van der Waals surface area contributed by atoms with Gasteiger partial charge in [-0.1, -0.05) is 65.3 Å². The van der Waals surface area contributed by atoms with Gasteiger partial charge in [0.2, 0.25) is 5.91 Å². The van der Waals surface area contributed by atoms with E-state index in [4.69, 9.17) is 23.2 Å². The van der Waals surface area contributed by atoms with Gasteiger partial charge in [-0.25, -0.2) is 0 Å². The van der Waals surface area contributed by atoms with Gasteiger partial charge in [0.25, 0.3) is 5.56 Å². The molecule has 0 saturated heterocycles. The zero-order chi connectivity index (χ0) is 21.4. The highest BCUT2D eigenvalue weighted by atomic mass is 35.5. The zero-order valence-electron chi connectivity index (χ0n) is 16.4. The number of fused-ring (bicyclic) bond motifs is 1. The molecule has 8 heteroatoms. The standard InChI is InChI=1S/C22H19Cl2N3O2S/c1-12-6-3-4-7-13(12)11-30-22-26-21(29)19-14(10-17(28)25-20(19)27(22)2)18-15(23)8-5-9-16(18)24/h3-9,14H,10-11H2,1-2H3,(H,25,28). The van der Waals surface area contributed by atoms with Gasteiger partial charge in [-0.3, -0.25) is 9.59 Å². The van der Waals surface area contributed by atoms with Gasteiger partial charge < -0.3 is 9.88 Å². The van der Waals surface area contributed by atoms with E-state index in [1.807, 2.05) is 25.1 Å². The van der Waals surface area contributed by atoms with Gasteiger partial charge in [0.1, 0.15) is 5.82 Å². The average Bonchev–Trinajstić information content (AvgIpc) is 2.70. The van der Waals surface area contributed by atoms with E-state index in [0.29, 0.717) is 37.9 Å². The van der Waals surface area contributed by atoms with Gasteiger partial charge in [-0.2, -0.15) is 4.98 Å². The van der Waals surface area contributed by atoms with E-state index in [1.165, 1.54) is 22.9 Å². The summed E-state index contributed by atoms with van der Waals surface area (Å²) < 4.78 is 1.76. The van der Waals surface area contributed by atoms with Crippen LogP contribution in [0, 0.1) is 6.92 Å². The molecule has 1 aliphatic rings. The third kappa shape index (κ3) is 3.87. The van der Waals surface area contributed by atoms with Gasteiger partial charge in [-0.05, 0) is 35.7 Å². The van der Waals surface area contributed by atoms with Crippen LogP contribution in [0.5, 0.6) is 0 Å². The first-order chi connectivity index (χ1) is 14.4. The Morgan fingerprint density at radius 2 is 1.80 bits per heavy atom. The number of nitrogens with one attached hydrogen (secondary N) is 1. The molecule has 1 amide bonds. The zero-order valence-corrected chi connectivity index (χ0v) is 18.7. The van der Waals surface area contributed by atoms with Crippen molar-refractivity contribution in [3.8, 4) is 0 Å². The fraction of sp³-hybridized carbons (Fsp3) is 0.227. The minimum absolute atomic E-state index is 0.0864. The summed E-state index contributed by atoms with van der Waals surface area (Å²) in [6, 6.07) is 13.2. The van der Waals surface area contributed by atoms with Gasteiger partial charge >= 0.3 is 0 Å². The molecule has 1 aliphatic heterocycles. The first-order valence-corrected chi connectivity index (χ1v) is 11.1. The molecule has 0 spiro atoms. The van der Waals surface area contributed by atoms with Crippen LogP contribution in [0.2, 0.25) is 10.0 Å². The van der Waals surface area contributed by atoms with Crippen molar-refractivity contribution < 1.29 is 4.79 Å². The highest BCUT2D eigenvalue weighted by Gasteiger charge is 2.34. The number of benzene rings is 2. The first-order valence-electron chi connectivity index (χ1n) is 9.38. The molecule has 1 unspecified atom stereocenters. The Morgan fingerprint density at radius 3 is 2.50 bits per heavy atom. The van der Waals surface area contributed by atoms with E-state index in [0.717, 1.165) is 0 Å². The minimum atomic E-state index is -0.545. The Kier molecular flexibility index (Phi) is 5.91. The molecular formula is C22H19Cl2N3O2S. The third-order valence-corrected chi connectivity index (χ3v) is 7.00. The summed E-state index contributed by atoms with van der Waals surface area (Å²) in [5, 5.41) is 4.23. The molecule has 154 valence electrons. The van der Waals surface area contributed by atoms with Gasteiger partial charge in [0.15, 0.2) is 5.16 Å². The molecule has 4 rings (SSSR count). The van der Waals surface area contributed by atoms with Gasteiger partial charge in [-0.15, -0.1) is 0 Å². The Labute approximate surface area is 188 Å². The monoisotopic (exact) mass is 459 g/mol. The van der Waals surface area contributed by atoms with Crippen molar-refractivity contribution in [2.45, 2.75) is 30.2 Å². The van der Waals surface area contributed by atoms with Crippen LogP contribution in [0.15, 0.2) is 52.4 Å². The fourth-order valence-electron chi connectivity index (χ4n) is 3.67. The molecule has 0 bridgehead atoms. The summed E-state index contributed by atoms with van der Waals surface area (Å²) in [5.41, 5.74) is 2.95. The Bertz CT molecular complexity index is 1190. The molecule has 0 fully saturated rings. The van der Waals surface area contributed by atoms with Crippen LogP contribution >= 0.6 is 35.0 Å². The van der Waals surface area contributed by atoms with Crippen LogP contribution < -0.4 is 10.9 Å². The van der Waals surface area contributed by atoms with Crippen molar-refractivity contribution in [3.05, 3.63) is 85.1 Å². The number of carbonyl (C=O) groups excluding carboxylic acids is 1. The fourth-order valence-corrected chi connectivity index (χ4v) is 5.37. The molecule has 30 heavy (non-hydrogen) atoms. The topological polar surface area (TPSA) is 64.0 Å². The number of amides is 1. The summed E-state index contributed by atoms with van der Waals surface area (Å²) in [5.74, 6) is 0.370. The van der Waals surface area contributed by atoms with Crippen molar-refractivity contribution in [1.82, 2.24) is 9.55 Å². The Hall–Kier alpha value is -2.28. The summed E-state index contributed by atoms with van der Waals surface area (Å²) >= 11 is 14.2. The second-order valence-corrected chi connectivity index (χ2v) is 8.93. The van der Waals surface area contributed by atoms with E-state index in [2.05, 4.69) is 16.4 Å². The summed E-state index contributed by atoms with van der Waals surface area (Å²) in [4.78, 5) is 29.9. The van der Waals surface area contributed by atoms with Crippen molar-refractivity contribution in [3.63, 3.8) is 0 Å². The predicted octanol–water partition coefficient (Wildman–Crippen LogP) is 5.16. The number of aryl methyl sites for hydroxylation is 1. The van der Waals surface area contributed by atoms with Crippen LogP contribution in [-0.2, 0) is 17.6 Å². The Balaban J connectivity index is 1.77. The van der Waals surface area contributed by atoms with Crippen LogP contribution in [0.1, 0.15) is 34.6 Å². The minimum Gasteiger partial charge on any atom is -0.312 e. The molecule has 0 saturated carbocycles. The largest absolute Gasteiger partial charge is 0.312 e. The SMILES string of the molecule is Cc1ccccc1CSc1nc(=O)c2c(n1C)NC(=O)CC2c1c(Cl)cccc1Cl. The maximum absolute atomic E-state index is 13.1. The Morgan fingerprint density at radius 1 is 1.10 bits per heavy atom. The van der Waals surface area contributed by atoms with E-state index in [9.17, 15) is 9.59 Å². The summed E-state index contributed by atoms with van der Waals surface area (Å²) in [7, 11) is 1.79. The van der Waals surface area contributed by atoms with Crippen molar-refractivity contribution in [1.29, 1.82) is 0 Å². The molecule has 2 heterocycles. The molecule has 0 aliphatic carbocycles. The number of aromatic nitrogens is 2. The van der Waals surface area contributed by atoms with E-state index in [1.54, 1.807) is 29.8 Å². The van der Waals surface area contributed by atoms with Crippen molar-refractivity contribution >= 4 is 46.7 Å². The molecule has 1 atom stereocenters. The second-order valence-electron chi connectivity index (χ2n) is 7.18. The van der Waals surface area contributed by atoms with Crippen LogP contribution in [0.3, 0.4) is 0 Å². The summed E-state index contributed by atoms with van der Waals surface area (Å²) in [6.45, 7) is 2.05.